The van der Waals surface area contributed by atoms with Crippen molar-refractivity contribution in [3.05, 3.63) is 78.0 Å². The van der Waals surface area contributed by atoms with Crippen molar-refractivity contribution in [2.45, 2.75) is 31.2 Å². The average Bonchev–Trinajstić information content (AvgIpc) is 2.83. The fourth-order valence-corrected chi connectivity index (χ4v) is 3.74. The van der Waals surface area contributed by atoms with E-state index in [0.717, 1.165) is 16.9 Å². The molecule has 0 aliphatic carbocycles. The predicted octanol–water partition coefficient (Wildman–Crippen LogP) is 3.43. The lowest BCUT2D eigenvalue weighted by atomic mass is 10.1. The number of sulfonamides is 1. The van der Waals surface area contributed by atoms with E-state index in [1.165, 1.54) is 19.2 Å². The van der Waals surface area contributed by atoms with Crippen molar-refractivity contribution in [3.8, 4) is 17.4 Å². The summed E-state index contributed by atoms with van der Waals surface area (Å²) in [5.74, 6) is 1.74. The van der Waals surface area contributed by atoms with E-state index >= 15 is 0 Å². The molecule has 0 radical (unpaired) electrons. The van der Waals surface area contributed by atoms with E-state index in [0.29, 0.717) is 37.6 Å². The van der Waals surface area contributed by atoms with Crippen LogP contribution in [0.1, 0.15) is 24.5 Å². The minimum absolute atomic E-state index is 0.104. The largest absolute Gasteiger partial charge is 0.494 e. The first-order valence-corrected chi connectivity index (χ1v) is 12.0. The highest BCUT2D eigenvalue weighted by molar-refractivity contribution is 7.89. The number of hydrogen-bond acceptors (Lipinski definition) is 6. The molecule has 2 N–H and O–H groups in total. The maximum absolute atomic E-state index is 12.2. The van der Waals surface area contributed by atoms with Crippen LogP contribution in [0.25, 0.3) is 0 Å². The number of carbonyl (C=O) groups excluding carboxylic acids is 1. The van der Waals surface area contributed by atoms with Gasteiger partial charge in [-0.05, 0) is 74.0 Å². The van der Waals surface area contributed by atoms with Crippen LogP contribution in [0.5, 0.6) is 17.4 Å². The number of pyridine rings is 1. The molecule has 0 bridgehead atoms. The summed E-state index contributed by atoms with van der Waals surface area (Å²) in [5, 5.41) is 2.88. The molecule has 1 amide bonds. The molecule has 1 aromatic heterocycles. The quantitative estimate of drug-likeness (QED) is 0.446. The zero-order chi connectivity index (χ0) is 23.7. The fourth-order valence-electron chi connectivity index (χ4n) is 3.01. The van der Waals surface area contributed by atoms with Gasteiger partial charge < -0.3 is 14.8 Å². The second-order valence-corrected chi connectivity index (χ2v) is 9.02. The highest BCUT2D eigenvalue weighted by atomic mass is 32.2. The Hall–Kier alpha value is -3.43. The maximum atomic E-state index is 12.2. The Labute approximate surface area is 194 Å². The zero-order valence-electron chi connectivity index (χ0n) is 18.6. The number of hydrogen-bond donors (Lipinski definition) is 2. The lowest BCUT2D eigenvalue weighted by Crippen LogP contribution is -2.23. The molecule has 2 aromatic carbocycles. The van der Waals surface area contributed by atoms with Crippen LogP contribution < -0.4 is 19.5 Å². The highest BCUT2D eigenvalue weighted by Gasteiger charge is 2.11. The van der Waals surface area contributed by atoms with Gasteiger partial charge in [0.05, 0.1) is 11.5 Å². The molecule has 8 nitrogen and oxygen atoms in total. The van der Waals surface area contributed by atoms with Crippen molar-refractivity contribution >= 4 is 15.9 Å². The standard InChI is InChI=1S/C24H27N3O5S/c1-3-31-20-7-9-21(10-8-20)32-24-16-19(14-15-26-24)17-27-23(28)13-6-18-4-11-22(12-5-18)33(29,30)25-2/h4-5,7-12,14-16,25H,3,6,13,17H2,1-2H3,(H,27,28). The number of rotatable bonds is 11. The van der Waals surface area contributed by atoms with Crippen LogP contribution in [0.2, 0.25) is 0 Å². The molecule has 3 aromatic rings. The molecular weight excluding hydrogens is 442 g/mol. The van der Waals surface area contributed by atoms with Crippen molar-refractivity contribution in [1.29, 1.82) is 0 Å². The van der Waals surface area contributed by atoms with Gasteiger partial charge in [0, 0.05) is 25.2 Å². The van der Waals surface area contributed by atoms with E-state index in [1.54, 1.807) is 24.4 Å². The number of ether oxygens (including phenoxy) is 2. The smallest absolute Gasteiger partial charge is 0.240 e. The number of aryl methyl sites for hydroxylation is 1. The maximum Gasteiger partial charge on any atom is 0.240 e. The van der Waals surface area contributed by atoms with Gasteiger partial charge in [-0.15, -0.1) is 0 Å². The van der Waals surface area contributed by atoms with Crippen molar-refractivity contribution < 1.29 is 22.7 Å². The topological polar surface area (TPSA) is 107 Å². The minimum atomic E-state index is -3.46. The Morgan fingerprint density at radius 3 is 2.33 bits per heavy atom. The molecule has 0 unspecified atom stereocenters. The number of nitrogens with one attached hydrogen (secondary N) is 2. The first-order chi connectivity index (χ1) is 15.9. The van der Waals surface area contributed by atoms with Crippen LogP contribution in [0.15, 0.2) is 71.8 Å². The second-order valence-electron chi connectivity index (χ2n) is 7.14. The molecule has 0 saturated heterocycles. The summed E-state index contributed by atoms with van der Waals surface area (Å²) >= 11 is 0. The van der Waals surface area contributed by atoms with Crippen LogP contribution in [0, 0.1) is 0 Å². The number of nitrogens with zero attached hydrogens (tertiary/aromatic N) is 1. The Morgan fingerprint density at radius 2 is 1.67 bits per heavy atom. The molecule has 0 spiro atoms. The van der Waals surface area contributed by atoms with Gasteiger partial charge in [-0.2, -0.15) is 0 Å². The lowest BCUT2D eigenvalue weighted by molar-refractivity contribution is -0.121. The first-order valence-electron chi connectivity index (χ1n) is 10.5. The molecule has 33 heavy (non-hydrogen) atoms. The third-order valence-corrected chi connectivity index (χ3v) is 6.22. The fraction of sp³-hybridized carbons (Fsp3) is 0.250. The Balaban J connectivity index is 1.48. The third-order valence-electron chi connectivity index (χ3n) is 4.79. The van der Waals surface area contributed by atoms with Crippen LogP contribution in [-0.4, -0.2) is 33.0 Å². The molecule has 174 valence electrons. The number of carbonyl (C=O) groups is 1. The van der Waals surface area contributed by atoms with Gasteiger partial charge >= 0.3 is 0 Å². The van der Waals surface area contributed by atoms with Crippen LogP contribution in [-0.2, 0) is 27.8 Å². The second kappa shape index (κ2) is 11.4. The first kappa shape index (κ1) is 24.2. The summed E-state index contributed by atoms with van der Waals surface area (Å²) in [6, 6.07) is 17.3. The van der Waals surface area contributed by atoms with Gasteiger partial charge in [-0.1, -0.05) is 12.1 Å². The molecular formula is C24H27N3O5S. The Morgan fingerprint density at radius 1 is 0.970 bits per heavy atom. The summed E-state index contributed by atoms with van der Waals surface area (Å²) in [6.07, 6.45) is 2.43. The Bertz CT molecular complexity index is 1160. The third kappa shape index (κ3) is 7.30. The van der Waals surface area contributed by atoms with Gasteiger partial charge in [0.1, 0.15) is 11.5 Å². The number of amides is 1. The van der Waals surface area contributed by atoms with Crippen LogP contribution in [0.3, 0.4) is 0 Å². The lowest BCUT2D eigenvalue weighted by Gasteiger charge is -2.09. The highest BCUT2D eigenvalue weighted by Crippen LogP contribution is 2.23. The van der Waals surface area contributed by atoms with Gasteiger partial charge in [-0.3, -0.25) is 4.79 Å². The van der Waals surface area contributed by atoms with Crippen molar-refractivity contribution in [3.63, 3.8) is 0 Å². The monoisotopic (exact) mass is 469 g/mol. The van der Waals surface area contributed by atoms with Crippen molar-refractivity contribution in [2.24, 2.45) is 0 Å². The predicted molar refractivity (Wildman–Crippen MR) is 125 cm³/mol. The van der Waals surface area contributed by atoms with E-state index in [2.05, 4.69) is 15.0 Å². The normalized spacial score (nSPS) is 11.1. The minimum Gasteiger partial charge on any atom is -0.494 e. The summed E-state index contributed by atoms with van der Waals surface area (Å²) in [4.78, 5) is 16.7. The van der Waals surface area contributed by atoms with Crippen LogP contribution >= 0.6 is 0 Å². The van der Waals surface area contributed by atoms with E-state index in [1.807, 2.05) is 37.3 Å². The number of aromatic nitrogens is 1. The molecule has 0 aliphatic rings. The van der Waals surface area contributed by atoms with Gasteiger partial charge in [0.15, 0.2) is 0 Å². The molecule has 0 aliphatic heterocycles. The average molecular weight is 470 g/mol. The van der Waals surface area contributed by atoms with E-state index < -0.39 is 10.0 Å². The van der Waals surface area contributed by atoms with Gasteiger partial charge in [-0.25, -0.2) is 18.1 Å². The molecule has 3 rings (SSSR count). The van der Waals surface area contributed by atoms with E-state index in [4.69, 9.17) is 9.47 Å². The van der Waals surface area contributed by atoms with Gasteiger partial charge in [0.25, 0.3) is 0 Å². The Kier molecular flexibility index (Phi) is 8.39. The number of benzene rings is 2. The SMILES string of the molecule is CCOc1ccc(Oc2cc(CNC(=O)CCc3ccc(S(=O)(=O)NC)cc3)ccn2)cc1. The van der Waals surface area contributed by atoms with Crippen molar-refractivity contribution in [2.75, 3.05) is 13.7 Å². The summed E-state index contributed by atoms with van der Waals surface area (Å²) in [7, 11) is -2.10. The summed E-state index contributed by atoms with van der Waals surface area (Å²) in [5.41, 5.74) is 1.75. The summed E-state index contributed by atoms with van der Waals surface area (Å²) in [6.45, 7) is 2.87. The molecule has 0 saturated carbocycles. The molecule has 1 heterocycles. The zero-order valence-corrected chi connectivity index (χ0v) is 19.4. The summed E-state index contributed by atoms with van der Waals surface area (Å²) < 4.78 is 37.0. The van der Waals surface area contributed by atoms with Gasteiger partial charge in [0.2, 0.25) is 21.8 Å². The van der Waals surface area contributed by atoms with Crippen molar-refractivity contribution in [1.82, 2.24) is 15.0 Å². The van der Waals surface area contributed by atoms with Crippen LogP contribution in [0.4, 0.5) is 0 Å². The molecule has 0 atom stereocenters. The van der Waals surface area contributed by atoms with E-state index in [9.17, 15) is 13.2 Å². The molecule has 9 heteroatoms. The molecule has 0 fully saturated rings. The van der Waals surface area contributed by atoms with E-state index in [-0.39, 0.29) is 10.8 Å².